The summed E-state index contributed by atoms with van der Waals surface area (Å²) in [6, 6.07) is 4.98. The van der Waals surface area contributed by atoms with Gasteiger partial charge in [0.15, 0.2) is 0 Å². The van der Waals surface area contributed by atoms with E-state index >= 15 is 0 Å². The first-order valence-corrected chi connectivity index (χ1v) is 3.95. The molecule has 0 aliphatic carbocycles. The molecule has 72 valence electrons. The maximum Gasteiger partial charge on any atom is 0.330 e. The minimum absolute atomic E-state index is 0.299. The highest BCUT2D eigenvalue weighted by Gasteiger charge is 2.02. The topological polar surface area (TPSA) is 56.3 Å². The number of ether oxygens (including phenoxy) is 1. The normalized spacial score (nSPS) is 10.1. The molecule has 0 bridgehead atoms. The zero-order valence-electron chi connectivity index (χ0n) is 7.64. The van der Waals surface area contributed by atoms with Gasteiger partial charge in [0.25, 0.3) is 0 Å². The van der Waals surface area contributed by atoms with Crippen molar-refractivity contribution >= 4 is 11.8 Å². The second kappa shape index (κ2) is 4.91. The van der Waals surface area contributed by atoms with Gasteiger partial charge in [-0.15, -0.1) is 0 Å². The van der Waals surface area contributed by atoms with Crippen LogP contribution in [0.5, 0.6) is 0 Å². The van der Waals surface area contributed by atoms with E-state index in [-0.39, 0.29) is 5.78 Å². The summed E-state index contributed by atoms with van der Waals surface area (Å²) in [6.07, 6.45) is 3.71. The van der Waals surface area contributed by atoms with Crippen LogP contribution in [0, 0.1) is 0 Å². The number of allylic oxidation sites excluding steroid dienone is 1. The van der Waals surface area contributed by atoms with Crippen LogP contribution in [-0.2, 0) is 9.53 Å². The van der Waals surface area contributed by atoms with Gasteiger partial charge in [0.05, 0.1) is 7.11 Å². The lowest BCUT2D eigenvalue weighted by atomic mass is 10.2. The van der Waals surface area contributed by atoms with Crippen LogP contribution in [0.3, 0.4) is 0 Å². The number of carbonyl (C=O) groups is 2. The van der Waals surface area contributed by atoms with Crippen molar-refractivity contribution in [2.24, 2.45) is 0 Å². The molecule has 0 amide bonds. The third kappa shape index (κ3) is 2.82. The van der Waals surface area contributed by atoms with Crippen LogP contribution in [-0.4, -0.2) is 23.8 Å². The van der Waals surface area contributed by atoms with E-state index in [2.05, 4.69) is 9.72 Å². The third-order valence-corrected chi connectivity index (χ3v) is 1.49. The Labute approximate surface area is 81.2 Å². The fourth-order valence-corrected chi connectivity index (χ4v) is 0.806. The lowest BCUT2D eigenvalue weighted by molar-refractivity contribution is -0.134. The minimum atomic E-state index is -0.561. The van der Waals surface area contributed by atoms with Crippen molar-refractivity contribution < 1.29 is 14.3 Å². The number of hydrogen-bond acceptors (Lipinski definition) is 4. The van der Waals surface area contributed by atoms with E-state index in [0.29, 0.717) is 5.69 Å². The lowest BCUT2D eigenvalue weighted by Crippen LogP contribution is -2.00. The minimum Gasteiger partial charge on any atom is -0.466 e. The summed E-state index contributed by atoms with van der Waals surface area (Å²) < 4.78 is 4.34. The van der Waals surface area contributed by atoms with E-state index in [4.69, 9.17) is 0 Å². The fourth-order valence-electron chi connectivity index (χ4n) is 0.806. The Morgan fingerprint density at radius 2 is 2.14 bits per heavy atom. The quantitative estimate of drug-likeness (QED) is 0.406. The summed E-state index contributed by atoms with van der Waals surface area (Å²) in [7, 11) is 1.25. The number of hydrogen-bond donors (Lipinski definition) is 0. The summed E-state index contributed by atoms with van der Waals surface area (Å²) in [5.41, 5.74) is 0.299. The fraction of sp³-hybridized carbons (Fsp3) is 0.100. The van der Waals surface area contributed by atoms with Gasteiger partial charge in [-0.1, -0.05) is 6.07 Å². The Balaban J connectivity index is 2.69. The first-order valence-electron chi connectivity index (χ1n) is 3.95. The van der Waals surface area contributed by atoms with Crippen molar-refractivity contribution in [3.8, 4) is 0 Å². The first kappa shape index (κ1) is 10.1. The van der Waals surface area contributed by atoms with Crippen LogP contribution in [0.2, 0.25) is 0 Å². The summed E-state index contributed by atoms with van der Waals surface area (Å²) in [4.78, 5) is 25.8. The van der Waals surface area contributed by atoms with Gasteiger partial charge in [0, 0.05) is 12.3 Å². The van der Waals surface area contributed by atoms with Crippen LogP contribution in [0.4, 0.5) is 0 Å². The number of aromatic nitrogens is 1. The van der Waals surface area contributed by atoms with E-state index < -0.39 is 5.97 Å². The molecule has 4 heteroatoms. The molecule has 0 fully saturated rings. The molecular weight excluding hydrogens is 182 g/mol. The molecule has 0 aliphatic heterocycles. The predicted molar refractivity (Wildman–Crippen MR) is 49.7 cm³/mol. The van der Waals surface area contributed by atoms with Crippen molar-refractivity contribution in [2.45, 2.75) is 0 Å². The third-order valence-electron chi connectivity index (χ3n) is 1.49. The molecule has 14 heavy (non-hydrogen) atoms. The zero-order valence-corrected chi connectivity index (χ0v) is 7.64. The molecule has 0 aliphatic rings. The summed E-state index contributed by atoms with van der Waals surface area (Å²) in [5.74, 6) is -0.884. The Morgan fingerprint density at radius 1 is 1.36 bits per heavy atom. The van der Waals surface area contributed by atoms with Crippen LogP contribution in [0.25, 0.3) is 0 Å². The molecule has 0 saturated carbocycles. The number of ketones is 1. The standard InChI is InChI=1S/C10H9NO3/c1-14-10(13)6-5-9(12)8-4-2-3-7-11-8/h2-7H,1H3. The van der Waals surface area contributed by atoms with Gasteiger partial charge >= 0.3 is 5.97 Å². The second-order valence-corrected chi connectivity index (χ2v) is 2.44. The predicted octanol–water partition coefficient (Wildman–Crippen LogP) is 0.993. The Hall–Kier alpha value is -1.97. The molecule has 0 atom stereocenters. The van der Waals surface area contributed by atoms with Gasteiger partial charge < -0.3 is 4.74 Å². The molecule has 1 aromatic heterocycles. The average molecular weight is 191 g/mol. The van der Waals surface area contributed by atoms with Gasteiger partial charge in [0.1, 0.15) is 5.69 Å². The largest absolute Gasteiger partial charge is 0.466 e. The summed E-state index contributed by atoms with van der Waals surface area (Å²) in [5, 5.41) is 0. The molecule has 1 heterocycles. The van der Waals surface area contributed by atoms with Crippen molar-refractivity contribution in [3.63, 3.8) is 0 Å². The average Bonchev–Trinajstić information content (AvgIpc) is 2.26. The molecule has 0 saturated heterocycles. The number of esters is 1. The van der Waals surface area contributed by atoms with Gasteiger partial charge in [0.2, 0.25) is 5.78 Å². The number of carbonyl (C=O) groups excluding carboxylic acids is 2. The first-order chi connectivity index (χ1) is 6.74. The molecular formula is C10H9NO3. The monoisotopic (exact) mass is 191 g/mol. The highest BCUT2D eigenvalue weighted by atomic mass is 16.5. The van der Waals surface area contributed by atoms with Gasteiger partial charge in [-0.2, -0.15) is 0 Å². The Kier molecular flexibility index (Phi) is 3.55. The van der Waals surface area contributed by atoms with Crippen molar-refractivity contribution in [1.29, 1.82) is 0 Å². The van der Waals surface area contributed by atoms with Crippen molar-refractivity contribution in [2.75, 3.05) is 7.11 Å². The Morgan fingerprint density at radius 3 is 2.71 bits per heavy atom. The van der Waals surface area contributed by atoms with Crippen LogP contribution in [0.15, 0.2) is 36.5 Å². The molecule has 4 nitrogen and oxygen atoms in total. The molecule has 0 unspecified atom stereocenters. The zero-order chi connectivity index (χ0) is 10.4. The number of methoxy groups -OCH3 is 1. The van der Waals surface area contributed by atoms with Gasteiger partial charge in [-0.05, 0) is 18.2 Å². The van der Waals surface area contributed by atoms with Crippen molar-refractivity contribution in [1.82, 2.24) is 4.98 Å². The van der Waals surface area contributed by atoms with Crippen molar-refractivity contribution in [3.05, 3.63) is 42.2 Å². The lowest BCUT2D eigenvalue weighted by Gasteiger charge is -1.92. The maximum absolute atomic E-state index is 11.3. The molecule has 1 aromatic rings. The SMILES string of the molecule is COC(=O)C=CC(=O)c1ccccn1. The van der Waals surface area contributed by atoms with E-state index in [0.717, 1.165) is 12.2 Å². The molecule has 0 spiro atoms. The summed E-state index contributed by atoms with van der Waals surface area (Å²) >= 11 is 0. The molecule has 1 rings (SSSR count). The summed E-state index contributed by atoms with van der Waals surface area (Å²) in [6.45, 7) is 0. The van der Waals surface area contributed by atoms with Crippen LogP contribution < -0.4 is 0 Å². The Bertz CT molecular complexity index is 357. The number of pyridine rings is 1. The van der Waals surface area contributed by atoms with E-state index in [1.807, 2.05) is 0 Å². The second-order valence-electron chi connectivity index (χ2n) is 2.44. The molecule has 0 radical (unpaired) electrons. The highest BCUT2D eigenvalue weighted by Crippen LogP contribution is 1.96. The molecule has 0 aromatic carbocycles. The van der Waals surface area contributed by atoms with E-state index in [9.17, 15) is 9.59 Å². The number of nitrogens with zero attached hydrogens (tertiary/aromatic N) is 1. The highest BCUT2D eigenvalue weighted by molar-refractivity contribution is 6.05. The van der Waals surface area contributed by atoms with Gasteiger partial charge in [-0.25, -0.2) is 4.79 Å². The van der Waals surface area contributed by atoms with Crippen LogP contribution in [0.1, 0.15) is 10.5 Å². The van der Waals surface area contributed by atoms with E-state index in [1.165, 1.54) is 13.3 Å². The van der Waals surface area contributed by atoms with Gasteiger partial charge in [-0.3, -0.25) is 9.78 Å². The maximum atomic E-state index is 11.3. The smallest absolute Gasteiger partial charge is 0.330 e. The molecule has 0 N–H and O–H groups in total. The number of rotatable bonds is 3. The van der Waals surface area contributed by atoms with E-state index in [1.54, 1.807) is 18.2 Å². The van der Waals surface area contributed by atoms with Crippen LogP contribution >= 0.6 is 0 Å².